The van der Waals surface area contributed by atoms with Crippen LogP contribution < -0.4 is 0 Å². The second-order valence-electron chi connectivity index (χ2n) is 5.57. The van der Waals surface area contributed by atoms with Crippen molar-refractivity contribution in [2.75, 3.05) is 0 Å². The molecule has 2 heteroatoms. The molecular weight excluding hydrogens is 328 g/mol. The molecule has 2 aliphatic rings. The molecule has 0 amide bonds. The van der Waals surface area contributed by atoms with Crippen molar-refractivity contribution >= 4 is 28.7 Å². The maximum absolute atomic E-state index is 4.11. The fourth-order valence-corrected chi connectivity index (χ4v) is 3.96. The molecule has 1 heterocycles. The summed E-state index contributed by atoms with van der Waals surface area (Å²) in [5.41, 5.74) is 2.44. The predicted octanol–water partition coefficient (Wildman–Crippen LogP) is 6.93. The van der Waals surface area contributed by atoms with E-state index in [0.29, 0.717) is 11.8 Å². The van der Waals surface area contributed by atoms with Crippen molar-refractivity contribution in [2.24, 2.45) is 11.8 Å². The van der Waals surface area contributed by atoms with Crippen LogP contribution in [0.2, 0.25) is 0 Å². The van der Waals surface area contributed by atoms with Crippen molar-refractivity contribution in [3.63, 3.8) is 0 Å². The largest absolute Gasteiger partial charge is 0.144 e. The zero-order chi connectivity index (χ0) is 16.8. The molecule has 120 valence electrons. The molecule has 0 nitrogen and oxygen atoms in total. The fraction of sp³-hybridized carbons (Fsp3) is 0.0909. The zero-order valence-corrected chi connectivity index (χ0v) is 15.1. The first-order valence-electron chi connectivity index (χ1n) is 7.92. The number of thioether (sulfide) groups is 1. The Bertz CT molecular complexity index is 780. The topological polar surface area (TPSA) is 0 Å². The van der Waals surface area contributed by atoms with Crippen LogP contribution >= 0.6 is 23.1 Å². The lowest BCUT2D eigenvalue weighted by atomic mass is 9.84. The Morgan fingerprint density at radius 2 is 1.96 bits per heavy atom. The van der Waals surface area contributed by atoms with Gasteiger partial charge in [-0.05, 0) is 28.0 Å². The Labute approximate surface area is 152 Å². The molecule has 0 aliphatic heterocycles. The van der Waals surface area contributed by atoms with Crippen LogP contribution in [0.15, 0.2) is 107 Å². The van der Waals surface area contributed by atoms with Crippen LogP contribution in [0.1, 0.15) is 4.88 Å². The average Bonchev–Trinajstić information content (AvgIpc) is 3.13. The molecule has 0 N–H and O–H groups in total. The van der Waals surface area contributed by atoms with E-state index < -0.39 is 0 Å². The van der Waals surface area contributed by atoms with Gasteiger partial charge in [0.15, 0.2) is 0 Å². The quantitative estimate of drug-likeness (QED) is 0.568. The number of rotatable bonds is 4. The third kappa shape index (κ3) is 4.08. The summed E-state index contributed by atoms with van der Waals surface area (Å²) < 4.78 is 0. The van der Waals surface area contributed by atoms with Gasteiger partial charge in [0.05, 0.1) is 0 Å². The lowest BCUT2D eigenvalue weighted by molar-refractivity contribution is 0.670. The Morgan fingerprint density at radius 1 is 1.08 bits per heavy atom. The molecule has 0 aromatic carbocycles. The van der Waals surface area contributed by atoms with Crippen LogP contribution in [0.3, 0.4) is 0 Å². The molecule has 2 unspecified atom stereocenters. The summed E-state index contributed by atoms with van der Waals surface area (Å²) in [6, 6.07) is 4.28. The molecule has 3 rings (SSSR count). The summed E-state index contributed by atoms with van der Waals surface area (Å²) in [6.07, 6.45) is 22.0. The number of fused-ring (bicyclic) bond motifs is 1. The van der Waals surface area contributed by atoms with Gasteiger partial charge < -0.3 is 0 Å². The van der Waals surface area contributed by atoms with Crippen LogP contribution in [0, 0.1) is 11.8 Å². The highest BCUT2D eigenvalue weighted by atomic mass is 32.2. The summed E-state index contributed by atoms with van der Waals surface area (Å²) >= 11 is 3.35. The molecule has 0 radical (unpaired) electrons. The van der Waals surface area contributed by atoms with E-state index in [9.17, 15) is 0 Å². The highest BCUT2D eigenvalue weighted by molar-refractivity contribution is 8.06. The number of hydrogen-bond donors (Lipinski definition) is 0. The first kappa shape index (κ1) is 16.8. The van der Waals surface area contributed by atoms with Crippen LogP contribution in [-0.2, 0) is 0 Å². The van der Waals surface area contributed by atoms with Crippen LogP contribution in [0.25, 0.3) is 5.57 Å². The van der Waals surface area contributed by atoms with E-state index in [1.165, 1.54) is 10.5 Å². The summed E-state index contributed by atoms with van der Waals surface area (Å²) in [6.45, 7) is 7.86. The van der Waals surface area contributed by atoms with Crippen LogP contribution in [-0.4, -0.2) is 0 Å². The molecule has 0 spiro atoms. The Balaban J connectivity index is 1.84. The third-order valence-corrected chi connectivity index (χ3v) is 5.60. The van der Waals surface area contributed by atoms with E-state index in [0.717, 1.165) is 10.5 Å². The van der Waals surface area contributed by atoms with Crippen molar-refractivity contribution < 1.29 is 0 Å². The number of thiophene rings is 1. The molecule has 1 aromatic rings. The minimum Gasteiger partial charge on any atom is -0.144 e. The maximum atomic E-state index is 4.11. The molecule has 2 aliphatic carbocycles. The minimum atomic E-state index is 0.383. The van der Waals surface area contributed by atoms with Crippen molar-refractivity contribution in [1.82, 2.24) is 0 Å². The van der Waals surface area contributed by atoms with Gasteiger partial charge in [-0.1, -0.05) is 91.7 Å². The molecule has 0 fully saturated rings. The Hall–Kier alpha value is -2.03. The smallest absolute Gasteiger partial charge is 0.0339 e. The standard InChI is InChI=1S/C22H20S2/c1-3-23-17(2)18-8-4-5-9-20-16-21(22-12-7-15-24-22)14-13-19(20)11-6-10-18/h3-16,19-20H,1-2H2. The van der Waals surface area contributed by atoms with Crippen molar-refractivity contribution in [1.29, 1.82) is 0 Å². The van der Waals surface area contributed by atoms with Gasteiger partial charge in [0.2, 0.25) is 0 Å². The van der Waals surface area contributed by atoms with Crippen molar-refractivity contribution in [2.45, 2.75) is 0 Å². The molecule has 2 atom stereocenters. The second-order valence-corrected chi connectivity index (χ2v) is 7.58. The van der Waals surface area contributed by atoms with E-state index in [4.69, 9.17) is 0 Å². The molecule has 1 aromatic heterocycles. The predicted molar refractivity (Wildman–Crippen MR) is 111 cm³/mol. The van der Waals surface area contributed by atoms with E-state index in [-0.39, 0.29) is 0 Å². The lowest BCUT2D eigenvalue weighted by Gasteiger charge is -2.21. The van der Waals surface area contributed by atoms with Gasteiger partial charge in [0, 0.05) is 21.6 Å². The SMILES string of the molecule is C=CSC(=C)C1=CC=CC2C=CC(c3cccs3)=CC2C=CC=C1. The van der Waals surface area contributed by atoms with Gasteiger partial charge in [-0.3, -0.25) is 0 Å². The highest BCUT2D eigenvalue weighted by Gasteiger charge is 2.17. The number of hydrogen-bond acceptors (Lipinski definition) is 2. The van der Waals surface area contributed by atoms with Gasteiger partial charge in [0.25, 0.3) is 0 Å². The monoisotopic (exact) mass is 348 g/mol. The average molecular weight is 349 g/mol. The first-order chi connectivity index (χ1) is 11.8. The molecular formula is C22H20S2. The first-order valence-corrected chi connectivity index (χ1v) is 9.68. The fourth-order valence-electron chi connectivity index (χ4n) is 2.75. The van der Waals surface area contributed by atoms with Crippen LogP contribution in [0.4, 0.5) is 0 Å². The summed E-state index contributed by atoms with van der Waals surface area (Å²) in [5, 5.41) is 3.94. The van der Waals surface area contributed by atoms with Gasteiger partial charge >= 0.3 is 0 Å². The minimum absolute atomic E-state index is 0.383. The van der Waals surface area contributed by atoms with E-state index in [1.807, 2.05) is 5.41 Å². The van der Waals surface area contributed by atoms with E-state index in [1.54, 1.807) is 23.1 Å². The van der Waals surface area contributed by atoms with Gasteiger partial charge in [-0.2, -0.15) is 0 Å². The lowest BCUT2D eigenvalue weighted by Crippen LogP contribution is -2.09. The summed E-state index contributed by atoms with van der Waals surface area (Å²) in [5.74, 6) is 0.767. The van der Waals surface area contributed by atoms with Gasteiger partial charge in [-0.15, -0.1) is 11.3 Å². The molecule has 24 heavy (non-hydrogen) atoms. The molecule has 0 bridgehead atoms. The van der Waals surface area contributed by atoms with Crippen molar-refractivity contribution in [3.8, 4) is 0 Å². The zero-order valence-electron chi connectivity index (χ0n) is 13.5. The van der Waals surface area contributed by atoms with E-state index in [2.05, 4.69) is 91.4 Å². The molecule has 0 saturated carbocycles. The molecule has 0 saturated heterocycles. The maximum Gasteiger partial charge on any atom is 0.0339 e. The van der Waals surface area contributed by atoms with E-state index >= 15 is 0 Å². The van der Waals surface area contributed by atoms with Crippen LogP contribution in [0.5, 0.6) is 0 Å². The summed E-state index contributed by atoms with van der Waals surface area (Å²) in [4.78, 5) is 2.34. The Kier molecular flexibility index (Phi) is 5.73. The third-order valence-electron chi connectivity index (χ3n) is 4.00. The number of allylic oxidation sites excluding steroid dienone is 12. The van der Waals surface area contributed by atoms with Gasteiger partial charge in [-0.25, -0.2) is 0 Å². The normalized spacial score (nSPS) is 22.5. The van der Waals surface area contributed by atoms with Crippen molar-refractivity contribution in [3.05, 3.63) is 112 Å². The van der Waals surface area contributed by atoms with Gasteiger partial charge in [0.1, 0.15) is 0 Å². The Morgan fingerprint density at radius 3 is 2.75 bits per heavy atom. The second kappa shape index (κ2) is 8.18. The summed E-state index contributed by atoms with van der Waals surface area (Å²) in [7, 11) is 0. The highest BCUT2D eigenvalue weighted by Crippen LogP contribution is 2.33.